The Bertz CT molecular complexity index is 1830. The number of H-pyrrole nitrogens is 1. The van der Waals surface area contributed by atoms with Crippen molar-refractivity contribution in [3.8, 4) is 5.88 Å². The topological polar surface area (TPSA) is 97.8 Å². The molecule has 0 radical (unpaired) electrons. The molecule has 208 valence electrons. The zero-order valence-electron chi connectivity index (χ0n) is 22.2. The Hall–Kier alpha value is -4.47. The van der Waals surface area contributed by atoms with Crippen LogP contribution in [0, 0.1) is 5.82 Å². The van der Waals surface area contributed by atoms with Crippen molar-refractivity contribution in [3.63, 3.8) is 0 Å². The minimum atomic E-state index is -4.04. The summed E-state index contributed by atoms with van der Waals surface area (Å²) in [5.74, 6) is -0.729. The van der Waals surface area contributed by atoms with E-state index >= 15 is 0 Å². The molecule has 0 unspecified atom stereocenters. The number of fused-ring (bicyclic) bond motifs is 1. The van der Waals surface area contributed by atoms with E-state index in [4.69, 9.17) is 4.99 Å². The summed E-state index contributed by atoms with van der Waals surface area (Å²) in [6.07, 6.45) is 2.48. The van der Waals surface area contributed by atoms with Gasteiger partial charge in [0, 0.05) is 28.7 Å². The predicted molar refractivity (Wildman–Crippen MR) is 160 cm³/mol. The summed E-state index contributed by atoms with van der Waals surface area (Å²) in [6, 6.07) is 27.3. The van der Waals surface area contributed by atoms with Gasteiger partial charge in [0.05, 0.1) is 21.9 Å². The lowest BCUT2D eigenvalue weighted by molar-refractivity contribution is 0.331. The van der Waals surface area contributed by atoms with Gasteiger partial charge in [-0.1, -0.05) is 48.5 Å². The molecule has 0 bridgehead atoms. The van der Waals surface area contributed by atoms with Crippen LogP contribution in [0.25, 0.3) is 10.9 Å². The number of rotatable bonds is 8. The Morgan fingerprint density at radius 1 is 0.927 bits per heavy atom. The Balaban J connectivity index is 1.39. The van der Waals surface area contributed by atoms with Crippen molar-refractivity contribution >= 4 is 38.0 Å². The molecule has 0 atom stereocenters. The molecule has 6 rings (SSSR count). The molecule has 1 aliphatic rings. The number of hydrogen-bond acceptors (Lipinski definition) is 5. The molecule has 7 nitrogen and oxygen atoms in total. The number of aromatic nitrogens is 1. The van der Waals surface area contributed by atoms with Crippen LogP contribution in [0.4, 0.5) is 15.8 Å². The van der Waals surface area contributed by atoms with Gasteiger partial charge in [0.2, 0.25) is 0 Å². The second-order valence-electron chi connectivity index (χ2n) is 10.1. The average Bonchev–Trinajstić information content (AvgIpc) is 3.60. The summed E-state index contributed by atoms with van der Waals surface area (Å²) >= 11 is 0. The molecule has 2 heterocycles. The molecular weight excluding hydrogens is 539 g/mol. The first-order chi connectivity index (χ1) is 19.9. The number of aromatic hydroxyl groups is 1. The Labute approximate surface area is 238 Å². The van der Waals surface area contributed by atoms with E-state index in [2.05, 4.69) is 26.7 Å². The average molecular weight is 569 g/mol. The molecule has 0 aliphatic carbocycles. The van der Waals surface area contributed by atoms with E-state index in [-0.39, 0.29) is 16.5 Å². The van der Waals surface area contributed by atoms with Crippen molar-refractivity contribution in [1.29, 1.82) is 0 Å². The number of hydrogen-bond donors (Lipinski definition) is 3. The highest BCUT2D eigenvalue weighted by atomic mass is 32.2. The molecule has 1 aliphatic heterocycles. The fraction of sp³-hybridized carbons (Fsp3) is 0.156. The van der Waals surface area contributed by atoms with Gasteiger partial charge >= 0.3 is 0 Å². The van der Waals surface area contributed by atoms with E-state index in [1.807, 2.05) is 42.5 Å². The van der Waals surface area contributed by atoms with Crippen LogP contribution in [-0.2, 0) is 16.6 Å². The largest absolute Gasteiger partial charge is 0.494 e. The van der Waals surface area contributed by atoms with Gasteiger partial charge in [-0.2, -0.15) is 0 Å². The van der Waals surface area contributed by atoms with Gasteiger partial charge in [-0.25, -0.2) is 17.8 Å². The quantitative estimate of drug-likeness (QED) is 0.184. The summed E-state index contributed by atoms with van der Waals surface area (Å²) in [5, 5.41) is 11.6. The molecular formula is C32H29FN4O3S. The molecule has 41 heavy (non-hydrogen) atoms. The zero-order chi connectivity index (χ0) is 28.4. The van der Waals surface area contributed by atoms with Gasteiger partial charge in [-0.05, 0) is 80.0 Å². The van der Waals surface area contributed by atoms with Crippen molar-refractivity contribution in [2.45, 2.75) is 24.3 Å². The number of nitrogens with one attached hydrogen (secondary N) is 2. The second kappa shape index (κ2) is 11.2. The van der Waals surface area contributed by atoms with E-state index in [9.17, 15) is 17.9 Å². The number of likely N-dealkylation sites (tertiary alicyclic amines) is 1. The zero-order valence-corrected chi connectivity index (χ0v) is 23.0. The highest BCUT2D eigenvalue weighted by molar-refractivity contribution is 7.92. The van der Waals surface area contributed by atoms with Crippen LogP contribution in [0.15, 0.2) is 107 Å². The summed E-state index contributed by atoms with van der Waals surface area (Å²) in [6.45, 7) is 3.16. The Morgan fingerprint density at radius 2 is 1.68 bits per heavy atom. The third-order valence-electron chi connectivity index (χ3n) is 7.20. The Kier molecular flexibility index (Phi) is 7.30. The third-order valence-corrected chi connectivity index (χ3v) is 8.58. The van der Waals surface area contributed by atoms with Gasteiger partial charge < -0.3 is 10.1 Å². The van der Waals surface area contributed by atoms with E-state index in [1.54, 1.807) is 18.2 Å². The number of aromatic amines is 1. The molecule has 0 spiro atoms. The first-order valence-electron chi connectivity index (χ1n) is 13.4. The molecule has 0 saturated carbocycles. The molecule has 5 aromatic rings. The Morgan fingerprint density at radius 3 is 2.41 bits per heavy atom. The van der Waals surface area contributed by atoms with Crippen LogP contribution in [0.3, 0.4) is 0 Å². The number of aliphatic imine (C=N–C) groups is 1. The van der Waals surface area contributed by atoms with Crippen LogP contribution in [0.1, 0.15) is 29.5 Å². The van der Waals surface area contributed by atoms with Crippen LogP contribution in [-0.4, -0.2) is 42.2 Å². The van der Waals surface area contributed by atoms with Crippen molar-refractivity contribution in [3.05, 3.63) is 120 Å². The first kappa shape index (κ1) is 26.7. The van der Waals surface area contributed by atoms with Crippen molar-refractivity contribution < 1.29 is 17.9 Å². The van der Waals surface area contributed by atoms with Crippen molar-refractivity contribution in [1.82, 2.24) is 9.88 Å². The predicted octanol–water partition coefficient (Wildman–Crippen LogP) is 6.58. The van der Waals surface area contributed by atoms with Gasteiger partial charge in [0.15, 0.2) is 5.88 Å². The highest BCUT2D eigenvalue weighted by Crippen LogP contribution is 2.34. The van der Waals surface area contributed by atoms with Crippen LogP contribution in [0.2, 0.25) is 0 Å². The lowest BCUT2D eigenvalue weighted by Crippen LogP contribution is -2.18. The van der Waals surface area contributed by atoms with Crippen LogP contribution >= 0.6 is 0 Å². The standard InChI is InChI=1S/C32H29FN4O3S/c33-24-9-6-10-27(19-24)41(39,40)36-26-15-16-29-28(20-26)30(32(38)35-29)31(23-7-2-1-3-8-23)34-25-13-11-22(12-14-25)21-37-17-4-5-18-37/h1-3,6-16,19-20,35-36,38H,4-5,17-18,21H2. The smallest absolute Gasteiger partial charge is 0.261 e. The summed E-state index contributed by atoms with van der Waals surface area (Å²) in [4.78, 5) is 10.2. The lowest BCUT2D eigenvalue weighted by atomic mass is 10.0. The van der Waals surface area contributed by atoms with Crippen LogP contribution < -0.4 is 4.72 Å². The van der Waals surface area contributed by atoms with Gasteiger partial charge in [-0.3, -0.25) is 9.62 Å². The van der Waals surface area contributed by atoms with Crippen molar-refractivity contribution in [2.75, 3.05) is 17.8 Å². The fourth-order valence-corrected chi connectivity index (χ4v) is 6.27. The van der Waals surface area contributed by atoms with E-state index in [0.29, 0.717) is 22.2 Å². The maximum Gasteiger partial charge on any atom is 0.261 e. The van der Waals surface area contributed by atoms with E-state index < -0.39 is 15.8 Å². The normalized spacial score (nSPS) is 14.5. The minimum Gasteiger partial charge on any atom is -0.494 e. The summed E-state index contributed by atoms with van der Waals surface area (Å²) in [7, 11) is -4.04. The summed E-state index contributed by atoms with van der Waals surface area (Å²) in [5.41, 5.74) is 4.58. The number of nitrogens with zero attached hydrogens (tertiary/aromatic N) is 2. The van der Waals surface area contributed by atoms with Gasteiger partial charge in [-0.15, -0.1) is 0 Å². The number of benzene rings is 4. The highest BCUT2D eigenvalue weighted by Gasteiger charge is 2.21. The molecule has 3 N–H and O–H groups in total. The fourth-order valence-electron chi connectivity index (χ4n) is 5.19. The van der Waals surface area contributed by atoms with E-state index in [0.717, 1.165) is 37.0 Å². The summed E-state index contributed by atoms with van der Waals surface area (Å²) < 4.78 is 42.1. The van der Waals surface area contributed by atoms with Gasteiger partial charge in [0.1, 0.15) is 5.82 Å². The molecule has 9 heteroatoms. The number of anilines is 1. The molecule has 1 saturated heterocycles. The maximum absolute atomic E-state index is 13.7. The SMILES string of the molecule is O=S(=O)(Nc1ccc2[nH]c(O)c(C(=Nc3ccc(CN4CCCC4)cc3)c3ccccc3)c2c1)c1cccc(F)c1. The molecule has 1 fully saturated rings. The monoisotopic (exact) mass is 568 g/mol. The molecule has 0 amide bonds. The molecule has 4 aromatic carbocycles. The minimum absolute atomic E-state index is 0.0848. The first-order valence-corrected chi connectivity index (χ1v) is 14.9. The number of sulfonamides is 1. The third kappa shape index (κ3) is 5.86. The van der Waals surface area contributed by atoms with Crippen LogP contribution in [0.5, 0.6) is 5.88 Å². The second-order valence-corrected chi connectivity index (χ2v) is 11.8. The van der Waals surface area contributed by atoms with E-state index in [1.165, 1.54) is 36.6 Å². The molecule has 1 aromatic heterocycles. The van der Waals surface area contributed by atoms with Gasteiger partial charge in [0.25, 0.3) is 10.0 Å². The lowest BCUT2D eigenvalue weighted by Gasteiger charge is -2.14. The number of halogens is 1. The maximum atomic E-state index is 13.7. The van der Waals surface area contributed by atoms with Crippen molar-refractivity contribution in [2.24, 2.45) is 4.99 Å².